The third-order valence-electron chi connectivity index (χ3n) is 4.32. The van der Waals surface area contributed by atoms with Crippen molar-refractivity contribution < 1.29 is 19.2 Å². The van der Waals surface area contributed by atoms with Gasteiger partial charge in [-0.1, -0.05) is 38.1 Å². The number of benzene rings is 2. The van der Waals surface area contributed by atoms with Crippen molar-refractivity contribution in [3.05, 3.63) is 69.3 Å². The van der Waals surface area contributed by atoms with Crippen molar-refractivity contribution in [1.82, 2.24) is 0 Å². The van der Waals surface area contributed by atoms with E-state index in [1.165, 1.54) is 18.2 Å². The fourth-order valence-corrected chi connectivity index (χ4v) is 2.87. The number of carbonyl (C=O) groups is 2. The number of nitro benzene ring substituents is 1. The first-order chi connectivity index (χ1) is 12.4. The average molecular weight is 354 g/mol. The zero-order chi connectivity index (χ0) is 18.8. The smallest absolute Gasteiger partial charge is 0.339 e. The van der Waals surface area contributed by atoms with Crippen LogP contribution in [0.2, 0.25) is 0 Å². The van der Waals surface area contributed by atoms with Crippen LogP contribution in [0, 0.1) is 10.1 Å². The summed E-state index contributed by atoms with van der Waals surface area (Å²) in [5.41, 5.74) is 2.11. The second-order valence-corrected chi connectivity index (χ2v) is 6.43. The first-order valence-electron chi connectivity index (χ1n) is 8.25. The van der Waals surface area contributed by atoms with Gasteiger partial charge in [-0.25, -0.2) is 4.79 Å². The maximum atomic E-state index is 12.5. The van der Waals surface area contributed by atoms with Crippen LogP contribution in [-0.4, -0.2) is 22.9 Å². The van der Waals surface area contributed by atoms with Gasteiger partial charge in [0.25, 0.3) is 11.6 Å². The van der Waals surface area contributed by atoms with Crippen LogP contribution < -0.4 is 5.32 Å². The standard InChI is InChI=1S/C19H18N2O5/c1-11(2)12-7-8-14-13(9-12)10-17(26-19(14)23)18(22)20-15-5-3-4-6-16(15)21(24)25/h3-9,11,17H,10H2,1-2H3,(H,20,22). The van der Waals surface area contributed by atoms with E-state index < -0.39 is 22.9 Å². The van der Waals surface area contributed by atoms with Gasteiger partial charge in [0.1, 0.15) is 5.69 Å². The lowest BCUT2D eigenvalue weighted by Crippen LogP contribution is -2.38. The van der Waals surface area contributed by atoms with Gasteiger partial charge in [0.15, 0.2) is 6.10 Å². The molecule has 2 aromatic carbocycles. The average Bonchev–Trinajstić information content (AvgIpc) is 2.61. The highest BCUT2D eigenvalue weighted by atomic mass is 16.6. The summed E-state index contributed by atoms with van der Waals surface area (Å²) in [4.78, 5) is 35.2. The van der Waals surface area contributed by atoms with Crippen LogP contribution >= 0.6 is 0 Å². The van der Waals surface area contributed by atoms with Crippen molar-refractivity contribution in [1.29, 1.82) is 0 Å². The molecule has 0 saturated carbocycles. The molecular formula is C19H18N2O5. The van der Waals surface area contributed by atoms with Crippen LogP contribution in [0.15, 0.2) is 42.5 Å². The molecule has 0 radical (unpaired) electrons. The Kier molecular flexibility index (Phi) is 4.71. The summed E-state index contributed by atoms with van der Waals surface area (Å²) >= 11 is 0. The lowest BCUT2D eigenvalue weighted by molar-refractivity contribution is -0.383. The third-order valence-corrected chi connectivity index (χ3v) is 4.32. The summed E-state index contributed by atoms with van der Waals surface area (Å²) in [6, 6.07) is 11.3. The minimum absolute atomic E-state index is 0.0697. The first-order valence-corrected chi connectivity index (χ1v) is 8.25. The molecule has 0 fully saturated rings. The summed E-state index contributed by atoms with van der Waals surface area (Å²) in [6.45, 7) is 4.09. The topological polar surface area (TPSA) is 98.5 Å². The molecule has 0 spiro atoms. The summed E-state index contributed by atoms with van der Waals surface area (Å²) in [5.74, 6) is -0.866. The van der Waals surface area contributed by atoms with E-state index in [1.54, 1.807) is 12.1 Å². The van der Waals surface area contributed by atoms with E-state index >= 15 is 0 Å². The quantitative estimate of drug-likeness (QED) is 0.515. The van der Waals surface area contributed by atoms with Gasteiger partial charge in [0, 0.05) is 12.5 Å². The van der Waals surface area contributed by atoms with Crippen LogP contribution in [0.1, 0.15) is 41.3 Å². The predicted molar refractivity (Wildman–Crippen MR) is 95.2 cm³/mol. The van der Waals surface area contributed by atoms with E-state index in [-0.39, 0.29) is 23.7 Å². The molecule has 1 atom stereocenters. The molecule has 7 heteroatoms. The fraction of sp³-hybridized carbons (Fsp3) is 0.263. The van der Waals surface area contributed by atoms with Crippen molar-refractivity contribution in [3.63, 3.8) is 0 Å². The van der Waals surface area contributed by atoms with Crippen molar-refractivity contribution in [3.8, 4) is 0 Å². The molecular weight excluding hydrogens is 336 g/mol. The molecule has 1 heterocycles. The summed E-state index contributed by atoms with van der Waals surface area (Å²) in [6.07, 6.45) is -0.800. The molecule has 0 saturated heterocycles. The minimum Gasteiger partial charge on any atom is -0.448 e. The lowest BCUT2D eigenvalue weighted by Gasteiger charge is -2.24. The Balaban J connectivity index is 1.83. The SMILES string of the molecule is CC(C)c1ccc2c(c1)CC(C(=O)Nc1ccccc1[N+](=O)[O-])OC2=O. The van der Waals surface area contributed by atoms with Gasteiger partial charge in [-0.15, -0.1) is 0 Å². The number of rotatable bonds is 4. The van der Waals surface area contributed by atoms with E-state index in [2.05, 4.69) is 5.32 Å². The summed E-state index contributed by atoms with van der Waals surface area (Å²) < 4.78 is 5.23. The molecule has 0 aromatic heterocycles. The maximum absolute atomic E-state index is 12.5. The number of nitrogens with one attached hydrogen (secondary N) is 1. The monoisotopic (exact) mass is 354 g/mol. The van der Waals surface area contributed by atoms with Crippen molar-refractivity contribution in [2.45, 2.75) is 32.3 Å². The van der Waals surface area contributed by atoms with Crippen LogP contribution in [0.3, 0.4) is 0 Å². The number of carbonyl (C=O) groups excluding carboxylic acids is 2. The molecule has 1 unspecified atom stereocenters. The Morgan fingerprint density at radius 2 is 2.00 bits per heavy atom. The Morgan fingerprint density at radius 3 is 2.69 bits per heavy atom. The second kappa shape index (κ2) is 6.95. The van der Waals surface area contributed by atoms with Gasteiger partial charge >= 0.3 is 5.97 Å². The number of nitrogens with zero attached hydrogens (tertiary/aromatic N) is 1. The van der Waals surface area contributed by atoms with Gasteiger partial charge in [-0.3, -0.25) is 14.9 Å². The molecule has 0 bridgehead atoms. The predicted octanol–water partition coefficient (Wildman–Crippen LogP) is 3.44. The number of hydrogen-bond acceptors (Lipinski definition) is 5. The highest BCUT2D eigenvalue weighted by Gasteiger charge is 2.32. The molecule has 1 aliphatic rings. The Labute approximate surface area is 150 Å². The number of ether oxygens (including phenoxy) is 1. The number of amides is 1. The Hall–Kier alpha value is -3.22. The summed E-state index contributed by atoms with van der Waals surface area (Å²) in [5, 5.41) is 13.6. The zero-order valence-electron chi connectivity index (χ0n) is 14.4. The second-order valence-electron chi connectivity index (χ2n) is 6.43. The minimum atomic E-state index is -1.03. The number of cyclic esters (lactones) is 1. The van der Waals surface area contributed by atoms with E-state index in [0.717, 1.165) is 11.1 Å². The van der Waals surface area contributed by atoms with E-state index in [0.29, 0.717) is 5.56 Å². The molecule has 134 valence electrons. The number of nitro groups is 1. The lowest BCUT2D eigenvalue weighted by atomic mass is 9.92. The molecule has 7 nitrogen and oxygen atoms in total. The Morgan fingerprint density at radius 1 is 1.27 bits per heavy atom. The Bertz CT molecular complexity index is 891. The molecule has 1 amide bonds. The van der Waals surface area contributed by atoms with Gasteiger partial charge in [-0.2, -0.15) is 0 Å². The largest absolute Gasteiger partial charge is 0.448 e. The maximum Gasteiger partial charge on any atom is 0.339 e. The molecule has 1 aliphatic heterocycles. The first kappa shape index (κ1) is 17.6. The molecule has 3 rings (SSSR count). The number of anilines is 1. The van der Waals surface area contributed by atoms with Crippen LogP contribution in [0.25, 0.3) is 0 Å². The summed E-state index contributed by atoms with van der Waals surface area (Å²) in [7, 11) is 0. The molecule has 2 aromatic rings. The highest BCUT2D eigenvalue weighted by Crippen LogP contribution is 2.27. The van der Waals surface area contributed by atoms with E-state index in [9.17, 15) is 19.7 Å². The number of para-hydroxylation sites is 2. The van der Waals surface area contributed by atoms with Crippen molar-refractivity contribution >= 4 is 23.3 Å². The molecule has 0 aliphatic carbocycles. The molecule has 1 N–H and O–H groups in total. The van der Waals surface area contributed by atoms with Crippen LogP contribution in [0.4, 0.5) is 11.4 Å². The van der Waals surface area contributed by atoms with Crippen molar-refractivity contribution in [2.24, 2.45) is 0 Å². The number of fused-ring (bicyclic) bond motifs is 1. The van der Waals surface area contributed by atoms with Crippen LogP contribution in [0.5, 0.6) is 0 Å². The van der Waals surface area contributed by atoms with Gasteiger partial charge in [-0.05, 0) is 29.2 Å². The molecule has 26 heavy (non-hydrogen) atoms. The van der Waals surface area contributed by atoms with Gasteiger partial charge < -0.3 is 10.1 Å². The number of esters is 1. The highest BCUT2D eigenvalue weighted by molar-refractivity contribution is 6.01. The normalized spacial score (nSPS) is 16.0. The van der Waals surface area contributed by atoms with Crippen molar-refractivity contribution in [2.75, 3.05) is 5.32 Å². The van der Waals surface area contributed by atoms with E-state index in [1.807, 2.05) is 26.0 Å². The number of hydrogen-bond donors (Lipinski definition) is 1. The van der Waals surface area contributed by atoms with Gasteiger partial charge in [0.2, 0.25) is 0 Å². The van der Waals surface area contributed by atoms with Gasteiger partial charge in [0.05, 0.1) is 10.5 Å². The van der Waals surface area contributed by atoms with Crippen LogP contribution in [-0.2, 0) is 16.0 Å². The fourth-order valence-electron chi connectivity index (χ4n) is 2.87. The third kappa shape index (κ3) is 3.42. The van der Waals surface area contributed by atoms with E-state index in [4.69, 9.17) is 4.74 Å². The zero-order valence-corrected chi connectivity index (χ0v) is 14.4.